The molecule has 5 nitrogen and oxygen atoms in total. The van der Waals surface area contributed by atoms with Crippen molar-refractivity contribution < 1.29 is 14.3 Å². The van der Waals surface area contributed by atoms with Gasteiger partial charge in [-0.15, -0.1) is 0 Å². The lowest BCUT2D eigenvalue weighted by Crippen LogP contribution is -2.36. The highest BCUT2D eigenvalue weighted by Gasteiger charge is 2.26. The van der Waals surface area contributed by atoms with Crippen molar-refractivity contribution in [1.82, 2.24) is 10.6 Å². The Morgan fingerprint density at radius 1 is 1.32 bits per heavy atom. The number of carbonyl (C=O) groups excluding carboxylic acids is 2. The van der Waals surface area contributed by atoms with Crippen LogP contribution in [0, 0.1) is 5.92 Å². The summed E-state index contributed by atoms with van der Waals surface area (Å²) in [5, 5.41) is 6.18. The van der Waals surface area contributed by atoms with E-state index in [4.69, 9.17) is 4.74 Å². The van der Waals surface area contributed by atoms with Crippen LogP contribution in [-0.4, -0.2) is 31.1 Å². The van der Waals surface area contributed by atoms with Gasteiger partial charge in [0.2, 0.25) is 5.91 Å². The average molecular weight is 304 g/mol. The van der Waals surface area contributed by atoms with Crippen molar-refractivity contribution in [3.63, 3.8) is 0 Å². The third-order valence-corrected chi connectivity index (χ3v) is 3.69. The Kier molecular flexibility index (Phi) is 5.95. The highest BCUT2D eigenvalue weighted by Crippen LogP contribution is 2.19. The molecule has 2 unspecified atom stereocenters. The second-order valence-corrected chi connectivity index (χ2v) is 5.90. The zero-order valence-electron chi connectivity index (χ0n) is 13.2. The summed E-state index contributed by atoms with van der Waals surface area (Å²) in [6.45, 7) is 5.20. The van der Waals surface area contributed by atoms with Gasteiger partial charge in [-0.25, -0.2) is 0 Å². The van der Waals surface area contributed by atoms with Crippen LogP contribution < -0.4 is 10.6 Å². The molecule has 0 saturated carbocycles. The SMILES string of the molecule is CC(C)OC(=O)CC(NC(=O)C1CCNC1)c1ccccc1. The molecule has 120 valence electrons. The topological polar surface area (TPSA) is 67.4 Å². The third kappa shape index (κ3) is 4.84. The minimum Gasteiger partial charge on any atom is -0.463 e. The summed E-state index contributed by atoms with van der Waals surface area (Å²) in [5.74, 6) is -0.322. The normalized spacial score (nSPS) is 19.0. The summed E-state index contributed by atoms with van der Waals surface area (Å²) >= 11 is 0. The first-order chi connectivity index (χ1) is 10.6. The van der Waals surface area contributed by atoms with E-state index in [1.165, 1.54) is 0 Å². The first-order valence-corrected chi connectivity index (χ1v) is 7.81. The van der Waals surface area contributed by atoms with E-state index in [0.717, 1.165) is 18.5 Å². The third-order valence-electron chi connectivity index (χ3n) is 3.69. The highest BCUT2D eigenvalue weighted by molar-refractivity contribution is 5.80. The van der Waals surface area contributed by atoms with Crippen LogP contribution in [0.3, 0.4) is 0 Å². The number of rotatable bonds is 6. The average Bonchev–Trinajstić information content (AvgIpc) is 3.01. The van der Waals surface area contributed by atoms with Gasteiger partial charge in [0.15, 0.2) is 0 Å². The maximum Gasteiger partial charge on any atom is 0.308 e. The van der Waals surface area contributed by atoms with Crippen molar-refractivity contribution in [3.8, 4) is 0 Å². The van der Waals surface area contributed by atoms with Gasteiger partial charge < -0.3 is 15.4 Å². The Hall–Kier alpha value is -1.88. The van der Waals surface area contributed by atoms with Crippen molar-refractivity contribution in [1.29, 1.82) is 0 Å². The molecule has 1 saturated heterocycles. The van der Waals surface area contributed by atoms with Crippen molar-refractivity contribution >= 4 is 11.9 Å². The Bertz CT molecular complexity index is 496. The van der Waals surface area contributed by atoms with Crippen molar-refractivity contribution in [2.75, 3.05) is 13.1 Å². The molecule has 1 heterocycles. The van der Waals surface area contributed by atoms with Crippen molar-refractivity contribution in [2.45, 2.75) is 38.8 Å². The molecule has 2 N–H and O–H groups in total. The Morgan fingerprint density at radius 3 is 2.64 bits per heavy atom. The van der Waals surface area contributed by atoms with Crippen LogP contribution in [0.25, 0.3) is 0 Å². The highest BCUT2D eigenvalue weighted by atomic mass is 16.5. The fourth-order valence-electron chi connectivity index (χ4n) is 2.58. The maximum atomic E-state index is 12.3. The molecule has 0 aliphatic carbocycles. The van der Waals surface area contributed by atoms with E-state index in [2.05, 4.69) is 10.6 Å². The van der Waals surface area contributed by atoms with E-state index >= 15 is 0 Å². The molecular weight excluding hydrogens is 280 g/mol. The van der Waals surface area contributed by atoms with E-state index in [9.17, 15) is 9.59 Å². The Balaban J connectivity index is 2.04. The van der Waals surface area contributed by atoms with Gasteiger partial charge in [0.25, 0.3) is 0 Å². The summed E-state index contributed by atoms with van der Waals surface area (Å²) in [5.41, 5.74) is 0.919. The maximum absolute atomic E-state index is 12.3. The number of benzene rings is 1. The lowest BCUT2D eigenvalue weighted by Gasteiger charge is -2.21. The quantitative estimate of drug-likeness (QED) is 0.786. The standard InChI is InChI=1S/C17H24N2O3/c1-12(2)22-16(20)10-15(13-6-4-3-5-7-13)19-17(21)14-8-9-18-11-14/h3-7,12,14-15,18H,8-11H2,1-2H3,(H,19,21). The summed E-state index contributed by atoms with van der Waals surface area (Å²) < 4.78 is 5.21. The second kappa shape index (κ2) is 7.94. The van der Waals surface area contributed by atoms with E-state index in [0.29, 0.717) is 6.54 Å². The molecule has 1 amide bonds. The predicted molar refractivity (Wildman–Crippen MR) is 84.1 cm³/mol. The van der Waals surface area contributed by atoms with Crippen LogP contribution in [0.4, 0.5) is 0 Å². The van der Waals surface area contributed by atoms with Crippen molar-refractivity contribution in [3.05, 3.63) is 35.9 Å². The van der Waals surface area contributed by atoms with E-state index in [1.807, 2.05) is 44.2 Å². The van der Waals surface area contributed by atoms with E-state index < -0.39 is 0 Å². The smallest absolute Gasteiger partial charge is 0.308 e. The molecular formula is C17H24N2O3. The fraction of sp³-hybridized carbons (Fsp3) is 0.529. The zero-order chi connectivity index (χ0) is 15.9. The molecule has 1 aromatic carbocycles. The number of amides is 1. The van der Waals surface area contributed by atoms with Gasteiger partial charge >= 0.3 is 5.97 Å². The summed E-state index contributed by atoms with van der Waals surface area (Å²) in [6.07, 6.45) is 0.830. The number of ether oxygens (including phenoxy) is 1. The monoisotopic (exact) mass is 304 g/mol. The molecule has 1 aliphatic rings. The van der Waals surface area contributed by atoms with Crippen LogP contribution in [0.2, 0.25) is 0 Å². The van der Waals surface area contributed by atoms with Gasteiger partial charge in [0, 0.05) is 6.54 Å². The fourth-order valence-corrected chi connectivity index (χ4v) is 2.58. The first kappa shape index (κ1) is 16.5. The molecule has 2 rings (SSSR count). The van der Waals surface area contributed by atoms with Gasteiger partial charge in [-0.05, 0) is 32.4 Å². The number of esters is 1. The number of nitrogens with one attached hydrogen (secondary N) is 2. The minimum atomic E-state index is -0.347. The van der Waals surface area contributed by atoms with Gasteiger partial charge in [-0.1, -0.05) is 30.3 Å². The Labute approximate surface area is 131 Å². The zero-order valence-corrected chi connectivity index (χ0v) is 13.2. The lowest BCUT2D eigenvalue weighted by molar-refractivity contribution is -0.148. The van der Waals surface area contributed by atoms with Crippen molar-refractivity contribution in [2.24, 2.45) is 5.92 Å². The second-order valence-electron chi connectivity index (χ2n) is 5.90. The van der Waals surface area contributed by atoms with Gasteiger partial charge in [0.05, 0.1) is 24.5 Å². The summed E-state index contributed by atoms with van der Waals surface area (Å²) in [6, 6.07) is 9.20. The van der Waals surface area contributed by atoms with E-state index in [1.54, 1.807) is 0 Å². The first-order valence-electron chi connectivity index (χ1n) is 7.81. The number of carbonyl (C=O) groups is 2. The molecule has 22 heavy (non-hydrogen) atoms. The molecule has 1 aromatic rings. The molecule has 0 bridgehead atoms. The van der Waals surface area contributed by atoms with Gasteiger partial charge in [-0.3, -0.25) is 9.59 Å². The number of hydrogen-bond acceptors (Lipinski definition) is 4. The molecule has 0 aromatic heterocycles. The van der Waals surface area contributed by atoms with Crippen LogP contribution in [-0.2, 0) is 14.3 Å². The molecule has 0 radical (unpaired) electrons. The van der Waals surface area contributed by atoms with Gasteiger partial charge in [0.1, 0.15) is 0 Å². The molecule has 1 aliphatic heterocycles. The molecule has 0 spiro atoms. The Morgan fingerprint density at radius 2 is 2.05 bits per heavy atom. The molecule has 1 fully saturated rings. The summed E-state index contributed by atoms with van der Waals surface area (Å²) in [7, 11) is 0. The van der Waals surface area contributed by atoms with Crippen LogP contribution in [0.1, 0.15) is 38.3 Å². The van der Waals surface area contributed by atoms with Crippen LogP contribution in [0.5, 0.6) is 0 Å². The number of hydrogen-bond donors (Lipinski definition) is 2. The molecule has 2 atom stereocenters. The predicted octanol–water partition coefficient (Wildman–Crippen LogP) is 1.80. The largest absolute Gasteiger partial charge is 0.463 e. The van der Waals surface area contributed by atoms with Crippen LogP contribution >= 0.6 is 0 Å². The lowest BCUT2D eigenvalue weighted by atomic mass is 10.0. The van der Waals surface area contributed by atoms with Crippen LogP contribution in [0.15, 0.2) is 30.3 Å². The summed E-state index contributed by atoms with van der Waals surface area (Å²) in [4.78, 5) is 24.3. The van der Waals surface area contributed by atoms with Gasteiger partial charge in [-0.2, -0.15) is 0 Å². The molecule has 5 heteroatoms. The minimum absolute atomic E-state index is 0.00352. The van der Waals surface area contributed by atoms with E-state index in [-0.39, 0.29) is 36.4 Å².